The van der Waals surface area contributed by atoms with Crippen molar-refractivity contribution in [2.24, 2.45) is 5.11 Å². The zero-order valence-electron chi connectivity index (χ0n) is 23.5. The van der Waals surface area contributed by atoms with Gasteiger partial charge < -0.3 is 34.7 Å². The predicted molar refractivity (Wildman–Crippen MR) is 153 cm³/mol. The summed E-state index contributed by atoms with van der Waals surface area (Å²) in [6, 6.07) is 14.7. The molecule has 0 aliphatic carbocycles. The van der Waals surface area contributed by atoms with Gasteiger partial charge in [-0.05, 0) is 48.4 Å². The predicted octanol–water partition coefficient (Wildman–Crippen LogP) is 2.02. The summed E-state index contributed by atoms with van der Waals surface area (Å²) in [5, 5.41) is 27.6. The van der Waals surface area contributed by atoms with Crippen molar-refractivity contribution in [3.8, 4) is 11.5 Å². The van der Waals surface area contributed by atoms with E-state index in [1.165, 1.54) is 44.4 Å². The van der Waals surface area contributed by atoms with Crippen molar-refractivity contribution >= 4 is 19.5 Å². The Morgan fingerprint density at radius 1 is 1.23 bits per heavy atom. The number of carbonyl (C=O) groups excluding carboxylic acids is 1. The van der Waals surface area contributed by atoms with Crippen LogP contribution in [0.5, 0.6) is 11.5 Å². The van der Waals surface area contributed by atoms with E-state index < -0.39 is 56.2 Å². The van der Waals surface area contributed by atoms with Gasteiger partial charge in [-0.25, -0.2) is 9.36 Å². The quantitative estimate of drug-likeness (QED) is 0.0694. The molecule has 1 unspecified atom stereocenters. The molecule has 18 heteroatoms. The monoisotopic (exact) mass is 631 g/mol. The highest BCUT2D eigenvalue weighted by Gasteiger charge is 2.56. The molecule has 6 atom stereocenters. The van der Waals surface area contributed by atoms with E-state index in [4.69, 9.17) is 29.0 Å². The molecule has 1 aromatic heterocycles. The minimum atomic E-state index is -4.59. The van der Waals surface area contributed by atoms with Gasteiger partial charge in [0.2, 0.25) is 5.72 Å². The van der Waals surface area contributed by atoms with Gasteiger partial charge in [-0.3, -0.25) is 13.9 Å². The van der Waals surface area contributed by atoms with E-state index in [-0.39, 0.29) is 18.2 Å². The maximum Gasteiger partial charge on any atom is 0.459 e. The van der Waals surface area contributed by atoms with Crippen molar-refractivity contribution in [3.63, 3.8) is 0 Å². The molecule has 17 nitrogen and oxygen atoms in total. The summed E-state index contributed by atoms with van der Waals surface area (Å²) in [5.74, 6) is -0.419. The summed E-state index contributed by atoms with van der Waals surface area (Å²) in [4.78, 5) is 31.4. The van der Waals surface area contributed by atoms with Crippen LogP contribution in [0.25, 0.3) is 10.4 Å². The number of benzene rings is 2. The molecule has 1 aliphatic rings. The Kier molecular flexibility index (Phi) is 10.2. The number of aliphatic hydroxyl groups excluding tert-OH is 2. The molecule has 1 aliphatic heterocycles. The van der Waals surface area contributed by atoms with Crippen molar-refractivity contribution < 1.29 is 42.8 Å². The number of nitrogens with zero attached hydrogens (tertiary/aromatic N) is 5. The number of carbonyl (C=O) groups is 1. The smallest absolute Gasteiger partial charge is 0.459 e. The highest BCUT2D eigenvalue weighted by atomic mass is 31.2. The van der Waals surface area contributed by atoms with E-state index >= 15 is 0 Å². The number of nitrogen functional groups attached to an aromatic ring is 1. The molecule has 0 bridgehead atoms. The van der Waals surface area contributed by atoms with E-state index in [2.05, 4.69) is 20.1 Å². The molecule has 1 fully saturated rings. The summed E-state index contributed by atoms with van der Waals surface area (Å²) in [7, 11) is -3.14. The molecule has 5 N–H and O–H groups in total. The van der Waals surface area contributed by atoms with E-state index in [0.29, 0.717) is 11.3 Å². The second-order valence-corrected chi connectivity index (χ2v) is 11.2. The Balaban J connectivity index is 1.57. The van der Waals surface area contributed by atoms with Crippen molar-refractivity contribution in [2.75, 3.05) is 19.5 Å². The average molecular weight is 632 g/mol. The molecule has 234 valence electrons. The lowest BCUT2D eigenvalue weighted by Crippen LogP contribution is -2.45. The number of rotatable bonds is 13. The number of aliphatic hydroxyl groups is 2. The zero-order chi connectivity index (χ0) is 31.9. The van der Waals surface area contributed by atoms with Crippen molar-refractivity contribution in [1.29, 1.82) is 0 Å². The zero-order valence-corrected chi connectivity index (χ0v) is 24.4. The Morgan fingerprint density at radius 2 is 1.91 bits per heavy atom. The molecule has 0 spiro atoms. The Hall–Kier alpha value is -4.47. The van der Waals surface area contributed by atoms with Gasteiger partial charge in [-0.1, -0.05) is 35.4 Å². The lowest BCUT2D eigenvalue weighted by Gasteiger charge is -2.29. The lowest BCUT2D eigenvalue weighted by molar-refractivity contribution is -0.146. The average Bonchev–Trinajstić information content (AvgIpc) is 3.25. The van der Waals surface area contributed by atoms with Crippen LogP contribution in [0.1, 0.15) is 18.7 Å². The van der Waals surface area contributed by atoms with Crippen LogP contribution in [-0.2, 0) is 30.0 Å². The molecule has 0 amide bonds. The van der Waals surface area contributed by atoms with E-state index in [9.17, 15) is 29.9 Å². The first-order chi connectivity index (χ1) is 21.0. The summed E-state index contributed by atoms with van der Waals surface area (Å²) in [5.41, 5.74) is 12.2. The molecule has 0 radical (unpaired) electrons. The molecule has 3 aromatic rings. The standard InChI is InChI=1S/C26H30N7O10P/c1-16(24(36)40-14-17-6-4-3-5-7-17)30-44(38,43-19-10-8-18(39-2)9-11-19)41-15-26(31-32-28)22(35)21(34)23(42-26)33-13-12-20(27)29-25(33)37/h3-13,16,21-23,34-35H,14-15H2,1-2H3,(H,30,38)(H2,27,29,37)/t16-,21+,22-,23+,26+,44?/m0/s1. The first-order valence-electron chi connectivity index (χ1n) is 13.0. The number of azide groups is 1. The number of esters is 1. The Bertz CT molecular complexity index is 1600. The molecule has 2 aromatic carbocycles. The Morgan fingerprint density at radius 3 is 2.55 bits per heavy atom. The molecule has 4 rings (SSSR count). The van der Waals surface area contributed by atoms with E-state index in [1.807, 2.05) is 0 Å². The van der Waals surface area contributed by atoms with Crippen LogP contribution in [0.4, 0.5) is 5.82 Å². The maximum absolute atomic E-state index is 14.1. The number of methoxy groups -OCH3 is 1. The third kappa shape index (κ3) is 7.53. The topological polar surface area (TPSA) is 242 Å². The van der Waals surface area contributed by atoms with Gasteiger partial charge in [0.15, 0.2) is 6.23 Å². The fourth-order valence-electron chi connectivity index (χ4n) is 4.11. The molecule has 2 heterocycles. The third-order valence-corrected chi connectivity index (χ3v) is 8.02. The van der Waals surface area contributed by atoms with Crippen LogP contribution in [-0.4, -0.2) is 63.4 Å². The lowest BCUT2D eigenvalue weighted by atomic mass is 10.1. The Labute approximate surface area is 250 Å². The molecule has 44 heavy (non-hydrogen) atoms. The molecule has 0 saturated carbocycles. The summed E-state index contributed by atoms with van der Waals surface area (Å²) in [6.45, 7) is 0.315. The molecule has 1 saturated heterocycles. The summed E-state index contributed by atoms with van der Waals surface area (Å²) < 4.78 is 42.1. The van der Waals surface area contributed by atoms with Crippen LogP contribution in [0, 0.1) is 0 Å². The minimum Gasteiger partial charge on any atom is -0.497 e. The van der Waals surface area contributed by atoms with Gasteiger partial charge in [0.25, 0.3) is 0 Å². The number of hydrogen-bond donors (Lipinski definition) is 4. The van der Waals surface area contributed by atoms with Gasteiger partial charge in [0, 0.05) is 11.1 Å². The maximum atomic E-state index is 14.1. The van der Waals surface area contributed by atoms with Gasteiger partial charge in [-0.15, -0.1) is 0 Å². The highest BCUT2D eigenvalue weighted by molar-refractivity contribution is 7.52. The van der Waals surface area contributed by atoms with Crippen LogP contribution in [0.15, 0.2) is 76.8 Å². The van der Waals surface area contributed by atoms with Crippen molar-refractivity contribution in [2.45, 2.75) is 43.7 Å². The van der Waals surface area contributed by atoms with Gasteiger partial charge in [0.05, 0.1) is 13.7 Å². The summed E-state index contributed by atoms with van der Waals surface area (Å²) in [6.07, 6.45) is -4.29. The molecular formula is C26H30N7O10P. The van der Waals surface area contributed by atoms with Crippen LogP contribution < -0.4 is 25.8 Å². The van der Waals surface area contributed by atoms with Crippen molar-refractivity contribution in [1.82, 2.24) is 14.6 Å². The third-order valence-electron chi connectivity index (χ3n) is 6.40. The highest BCUT2D eigenvalue weighted by Crippen LogP contribution is 2.48. The number of nitrogens with one attached hydrogen (secondary N) is 1. The number of ether oxygens (including phenoxy) is 3. The second kappa shape index (κ2) is 13.9. The second-order valence-electron chi connectivity index (χ2n) is 9.50. The normalized spacial score (nSPS) is 23.1. The number of hydrogen-bond acceptors (Lipinski definition) is 13. The van der Waals surface area contributed by atoms with Crippen LogP contribution in [0.3, 0.4) is 0 Å². The number of nitrogens with two attached hydrogens (primary N) is 1. The van der Waals surface area contributed by atoms with Gasteiger partial charge >= 0.3 is 19.4 Å². The number of anilines is 1. The van der Waals surface area contributed by atoms with E-state index in [0.717, 1.165) is 10.8 Å². The molecular weight excluding hydrogens is 601 g/mol. The minimum absolute atomic E-state index is 0.0228. The summed E-state index contributed by atoms with van der Waals surface area (Å²) >= 11 is 0. The van der Waals surface area contributed by atoms with Gasteiger partial charge in [0.1, 0.15) is 42.2 Å². The first kappa shape index (κ1) is 32.4. The van der Waals surface area contributed by atoms with Crippen LogP contribution >= 0.6 is 7.75 Å². The van der Waals surface area contributed by atoms with Crippen molar-refractivity contribution in [3.05, 3.63) is 93.4 Å². The van der Waals surface area contributed by atoms with Gasteiger partial charge in [-0.2, -0.15) is 10.1 Å². The largest absolute Gasteiger partial charge is 0.497 e. The SMILES string of the molecule is COc1ccc(OP(=O)(N[C@@H](C)C(=O)OCc2ccccc2)OC[C@@]2(N=[N+]=[N-])O[C@@H](n3ccc(N)nc3=O)[C@H](O)[C@@H]2O)cc1. The fourth-order valence-corrected chi connectivity index (χ4v) is 5.62. The van der Waals surface area contributed by atoms with E-state index in [1.54, 1.807) is 30.3 Å². The van der Waals surface area contributed by atoms with Crippen LogP contribution in [0.2, 0.25) is 0 Å². The fraction of sp³-hybridized carbons (Fsp3) is 0.346. The number of aromatic nitrogens is 2. The first-order valence-corrected chi connectivity index (χ1v) is 14.5.